The summed E-state index contributed by atoms with van der Waals surface area (Å²) < 4.78 is 0. The normalized spacial score (nSPS) is 20.2. The van der Waals surface area contributed by atoms with E-state index in [1.54, 1.807) is 0 Å². The summed E-state index contributed by atoms with van der Waals surface area (Å²) in [5.41, 5.74) is 0.945. The van der Waals surface area contributed by atoms with Gasteiger partial charge in [-0.05, 0) is 0 Å². The minimum atomic E-state index is 0.0535. The lowest BCUT2D eigenvalue weighted by Gasteiger charge is -2.33. The fourth-order valence-corrected chi connectivity index (χ4v) is 1.84. The van der Waals surface area contributed by atoms with E-state index in [2.05, 4.69) is 11.2 Å². The number of terminal acetylenes is 1. The van der Waals surface area contributed by atoms with Gasteiger partial charge in [0.15, 0.2) is 0 Å². The van der Waals surface area contributed by atoms with Gasteiger partial charge < -0.3 is 10.2 Å². The fraction of sp³-hybridized carbons (Fsp3) is 0.308. The first-order valence-electron chi connectivity index (χ1n) is 5.39. The van der Waals surface area contributed by atoms with Crippen LogP contribution in [0.4, 0.5) is 0 Å². The summed E-state index contributed by atoms with van der Waals surface area (Å²) in [5, 5.41) is 11.3. The van der Waals surface area contributed by atoms with Gasteiger partial charge >= 0.3 is 0 Å². The van der Waals surface area contributed by atoms with Crippen molar-refractivity contribution < 1.29 is 0 Å². The summed E-state index contributed by atoms with van der Waals surface area (Å²) in [6.07, 6.45) is 5.39. The van der Waals surface area contributed by atoms with Crippen LogP contribution in [0.2, 0.25) is 0 Å². The largest absolute Gasteiger partial charge is 0.353 e. The molecule has 0 saturated carbocycles. The number of amidine groups is 1. The van der Waals surface area contributed by atoms with Crippen molar-refractivity contribution in [2.24, 2.45) is 0 Å². The lowest BCUT2D eigenvalue weighted by atomic mass is 10.1. The Kier molecular flexibility index (Phi) is 3.23. The lowest BCUT2D eigenvalue weighted by Crippen LogP contribution is -2.52. The van der Waals surface area contributed by atoms with Crippen molar-refractivity contribution in [2.45, 2.75) is 6.04 Å². The molecule has 0 radical (unpaired) electrons. The van der Waals surface area contributed by atoms with Crippen molar-refractivity contribution in [1.29, 1.82) is 5.41 Å². The van der Waals surface area contributed by atoms with Gasteiger partial charge in [0.2, 0.25) is 0 Å². The Balaban J connectivity index is 2.08. The van der Waals surface area contributed by atoms with Gasteiger partial charge in [-0.25, -0.2) is 0 Å². The molecule has 1 atom stereocenters. The predicted octanol–water partition coefficient (Wildman–Crippen LogP) is 0.919. The van der Waals surface area contributed by atoms with Crippen LogP contribution in [0.5, 0.6) is 0 Å². The average molecular weight is 213 g/mol. The second kappa shape index (κ2) is 4.82. The SMILES string of the molecule is C#C[C@H]1CN(C(=N)c2ccccc2)CCN1. The van der Waals surface area contributed by atoms with Crippen molar-refractivity contribution in [1.82, 2.24) is 10.2 Å². The number of hydrogen-bond donors (Lipinski definition) is 2. The molecule has 2 rings (SSSR count). The highest BCUT2D eigenvalue weighted by atomic mass is 15.2. The molecule has 3 nitrogen and oxygen atoms in total. The van der Waals surface area contributed by atoms with Gasteiger partial charge in [0.05, 0.1) is 6.04 Å². The monoisotopic (exact) mass is 213 g/mol. The summed E-state index contributed by atoms with van der Waals surface area (Å²) in [6.45, 7) is 2.39. The molecule has 16 heavy (non-hydrogen) atoms. The van der Waals surface area contributed by atoms with Crippen molar-refractivity contribution in [2.75, 3.05) is 19.6 Å². The molecule has 1 aliphatic heterocycles. The molecule has 2 N–H and O–H groups in total. The van der Waals surface area contributed by atoms with Crippen LogP contribution < -0.4 is 5.32 Å². The van der Waals surface area contributed by atoms with Crippen LogP contribution in [0.3, 0.4) is 0 Å². The third kappa shape index (κ3) is 2.23. The second-order valence-corrected chi connectivity index (χ2v) is 3.83. The van der Waals surface area contributed by atoms with Gasteiger partial charge in [-0.3, -0.25) is 5.41 Å². The second-order valence-electron chi connectivity index (χ2n) is 3.83. The van der Waals surface area contributed by atoms with Crippen LogP contribution in [0.1, 0.15) is 5.56 Å². The number of benzene rings is 1. The van der Waals surface area contributed by atoms with E-state index in [0.29, 0.717) is 12.4 Å². The Morgan fingerprint density at radius 1 is 1.44 bits per heavy atom. The number of piperazine rings is 1. The number of nitrogens with zero attached hydrogens (tertiary/aromatic N) is 1. The molecule has 3 heteroatoms. The van der Waals surface area contributed by atoms with E-state index in [0.717, 1.165) is 18.7 Å². The highest BCUT2D eigenvalue weighted by Gasteiger charge is 2.19. The molecule has 82 valence electrons. The van der Waals surface area contributed by atoms with Crippen LogP contribution in [-0.4, -0.2) is 36.4 Å². The average Bonchev–Trinajstić information content (AvgIpc) is 2.39. The summed E-state index contributed by atoms with van der Waals surface area (Å²) in [7, 11) is 0. The van der Waals surface area contributed by atoms with Gasteiger partial charge in [-0.2, -0.15) is 0 Å². The first kappa shape index (κ1) is 10.7. The van der Waals surface area contributed by atoms with E-state index in [4.69, 9.17) is 11.8 Å². The first-order valence-corrected chi connectivity index (χ1v) is 5.39. The van der Waals surface area contributed by atoms with Crippen LogP contribution in [-0.2, 0) is 0 Å². The Morgan fingerprint density at radius 3 is 2.88 bits per heavy atom. The molecular weight excluding hydrogens is 198 g/mol. The molecule has 0 aromatic heterocycles. The molecule has 1 aromatic carbocycles. The van der Waals surface area contributed by atoms with Gasteiger partial charge in [-0.15, -0.1) is 6.42 Å². The minimum absolute atomic E-state index is 0.0535. The topological polar surface area (TPSA) is 39.1 Å². The Morgan fingerprint density at radius 2 is 2.19 bits per heavy atom. The summed E-state index contributed by atoms with van der Waals surface area (Å²) in [4.78, 5) is 2.02. The molecule has 0 unspecified atom stereocenters. The van der Waals surface area contributed by atoms with Crippen LogP contribution >= 0.6 is 0 Å². The number of rotatable bonds is 1. The molecule has 1 fully saturated rings. The van der Waals surface area contributed by atoms with Crippen molar-refractivity contribution in [3.63, 3.8) is 0 Å². The molecule has 0 bridgehead atoms. The van der Waals surface area contributed by atoms with E-state index in [-0.39, 0.29) is 6.04 Å². The summed E-state index contributed by atoms with van der Waals surface area (Å²) >= 11 is 0. The molecular formula is C13H15N3. The Labute approximate surface area is 96.0 Å². The lowest BCUT2D eigenvalue weighted by molar-refractivity contribution is 0.324. The van der Waals surface area contributed by atoms with Gasteiger partial charge in [0.25, 0.3) is 0 Å². The maximum atomic E-state index is 8.12. The van der Waals surface area contributed by atoms with Gasteiger partial charge in [0, 0.05) is 25.2 Å². The zero-order valence-corrected chi connectivity index (χ0v) is 9.11. The van der Waals surface area contributed by atoms with Crippen molar-refractivity contribution >= 4 is 5.84 Å². The van der Waals surface area contributed by atoms with Crippen molar-refractivity contribution in [3.05, 3.63) is 35.9 Å². The third-order valence-electron chi connectivity index (χ3n) is 2.74. The van der Waals surface area contributed by atoms with E-state index in [1.807, 2.05) is 35.2 Å². The number of hydrogen-bond acceptors (Lipinski definition) is 2. The summed E-state index contributed by atoms with van der Waals surface area (Å²) in [6, 6.07) is 9.82. The molecule has 0 spiro atoms. The molecule has 1 heterocycles. The highest BCUT2D eigenvalue weighted by Crippen LogP contribution is 2.07. The molecule has 1 saturated heterocycles. The maximum Gasteiger partial charge on any atom is 0.128 e. The van der Waals surface area contributed by atoms with Crippen LogP contribution in [0, 0.1) is 17.8 Å². The van der Waals surface area contributed by atoms with E-state index >= 15 is 0 Å². The van der Waals surface area contributed by atoms with Gasteiger partial charge in [-0.1, -0.05) is 36.3 Å². The smallest absolute Gasteiger partial charge is 0.128 e. The van der Waals surface area contributed by atoms with Crippen LogP contribution in [0.25, 0.3) is 0 Å². The molecule has 1 aromatic rings. The highest BCUT2D eigenvalue weighted by molar-refractivity contribution is 5.96. The third-order valence-corrected chi connectivity index (χ3v) is 2.74. The van der Waals surface area contributed by atoms with E-state index in [1.165, 1.54) is 0 Å². The molecule has 0 aliphatic carbocycles. The fourth-order valence-electron chi connectivity index (χ4n) is 1.84. The molecule has 1 aliphatic rings. The van der Waals surface area contributed by atoms with E-state index in [9.17, 15) is 0 Å². The van der Waals surface area contributed by atoms with Gasteiger partial charge in [0.1, 0.15) is 5.84 Å². The maximum absolute atomic E-state index is 8.12. The number of nitrogens with one attached hydrogen (secondary N) is 2. The quantitative estimate of drug-likeness (QED) is 0.413. The first-order chi connectivity index (χ1) is 7.81. The standard InChI is InChI=1S/C13H15N3/c1-2-12-10-16(9-8-15-12)13(14)11-6-4-3-5-7-11/h1,3-7,12,14-15H,8-10H2/t12-/m0/s1. The van der Waals surface area contributed by atoms with Crippen molar-refractivity contribution in [3.8, 4) is 12.3 Å². The summed E-state index contributed by atoms with van der Waals surface area (Å²) in [5.74, 6) is 3.25. The van der Waals surface area contributed by atoms with Crippen LogP contribution in [0.15, 0.2) is 30.3 Å². The minimum Gasteiger partial charge on any atom is -0.353 e. The van der Waals surface area contributed by atoms with E-state index < -0.39 is 0 Å². The Bertz CT molecular complexity index is 405. The predicted molar refractivity (Wildman–Crippen MR) is 65.5 cm³/mol. The zero-order valence-electron chi connectivity index (χ0n) is 9.11. The zero-order chi connectivity index (χ0) is 11.4. The molecule has 0 amide bonds. The Hall–Kier alpha value is -1.79.